The molecule has 1 heterocycles. The summed E-state index contributed by atoms with van der Waals surface area (Å²) in [6, 6.07) is 14.7. The molecule has 1 saturated heterocycles. The molecular weight excluding hydrogens is 329 g/mol. The van der Waals surface area contributed by atoms with Gasteiger partial charge in [0.05, 0.1) is 5.69 Å². The zero-order valence-corrected chi connectivity index (χ0v) is 13.3. The molecule has 2 aromatic rings. The van der Waals surface area contributed by atoms with E-state index in [1.165, 1.54) is 36.0 Å². The van der Waals surface area contributed by atoms with Crippen LogP contribution in [0.4, 0.5) is 15.8 Å². The Morgan fingerprint density at radius 2 is 1.88 bits per heavy atom. The Morgan fingerprint density at radius 1 is 1.17 bits per heavy atom. The molecule has 2 amide bonds. The molecule has 3 rings (SSSR count). The molecule has 0 saturated carbocycles. The Balaban J connectivity index is 1.60. The van der Waals surface area contributed by atoms with Gasteiger partial charge in [-0.25, -0.2) is 9.38 Å². The maximum Gasteiger partial charge on any atom is 0.240 e. The van der Waals surface area contributed by atoms with E-state index in [0.717, 1.165) is 0 Å². The molecule has 1 aliphatic heterocycles. The number of thioether (sulfide) groups is 1. The topological polar surface area (TPSA) is 70.6 Å². The first-order chi connectivity index (χ1) is 11.6. The van der Waals surface area contributed by atoms with E-state index in [-0.39, 0.29) is 24.1 Å². The summed E-state index contributed by atoms with van der Waals surface area (Å²) in [5.41, 5.74) is 1.22. The van der Waals surface area contributed by atoms with Crippen LogP contribution in [0.1, 0.15) is 6.42 Å². The second-order valence-electron chi connectivity index (χ2n) is 5.11. The normalized spacial score (nSPS) is 18.5. The molecule has 1 aliphatic rings. The summed E-state index contributed by atoms with van der Waals surface area (Å²) in [5, 5.41) is 5.26. The minimum Gasteiger partial charge on any atom is -0.326 e. The van der Waals surface area contributed by atoms with Crippen LogP contribution in [0.15, 0.2) is 59.6 Å². The van der Waals surface area contributed by atoms with E-state index in [0.29, 0.717) is 16.5 Å². The Hall–Kier alpha value is -2.67. The molecule has 5 nitrogen and oxygen atoms in total. The van der Waals surface area contributed by atoms with Crippen molar-refractivity contribution in [3.63, 3.8) is 0 Å². The number of anilines is 1. The Bertz CT molecular complexity index is 778. The number of carbonyl (C=O) groups is 2. The van der Waals surface area contributed by atoms with E-state index in [9.17, 15) is 14.0 Å². The molecule has 0 aliphatic carbocycles. The molecule has 0 aromatic heterocycles. The minimum absolute atomic E-state index is 0.0494. The fourth-order valence-electron chi connectivity index (χ4n) is 2.13. The fourth-order valence-corrected chi connectivity index (χ4v) is 3.11. The average molecular weight is 343 g/mol. The summed E-state index contributed by atoms with van der Waals surface area (Å²) < 4.78 is 12.9. The SMILES string of the molecule is O=C(C[C@@H]1SC(=Nc2ccc(F)cc2)NC1=O)Nc1ccccc1. The van der Waals surface area contributed by atoms with Gasteiger partial charge < -0.3 is 10.6 Å². The number of amides is 2. The molecule has 0 bridgehead atoms. The first-order valence-corrected chi connectivity index (χ1v) is 8.15. The summed E-state index contributed by atoms with van der Waals surface area (Å²) in [6.45, 7) is 0. The van der Waals surface area contributed by atoms with Crippen molar-refractivity contribution in [1.29, 1.82) is 0 Å². The van der Waals surface area contributed by atoms with Crippen LogP contribution in [-0.2, 0) is 9.59 Å². The Kier molecular flexibility index (Phi) is 4.90. The second kappa shape index (κ2) is 7.27. The number of hydrogen-bond donors (Lipinski definition) is 2. The lowest BCUT2D eigenvalue weighted by atomic mass is 10.2. The van der Waals surface area contributed by atoms with Gasteiger partial charge in [0.15, 0.2) is 5.17 Å². The van der Waals surface area contributed by atoms with E-state index in [2.05, 4.69) is 15.6 Å². The fraction of sp³-hybridized carbons (Fsp3) is 0.118. The number of amidine groups is 1. The van der Waals surface area contributed by atoms with Gasteiger partial charge in [-0.05, 0) is 36.4 Å². The highest BCUT2D eigenvalue weighted by atomic mass is 32.2. The smallest absolute Gasteiger partial charge is 0.240 e. The Morgan fingerprint density at radius 3 is 2.58 bits per heavy atom. The van der Waals surface area contributed by atoms with Gasteiger partial charge in [-0.3, -0.25) is 9.59 Å². The van der Waals surface area contributed by atoms with Gasteiger partial charge in [-0.15, -0.1) is 0 Å². The van der Waals surface area contributed by atoms with Crippen LogP contribution in [0.5, 0.6) is 0 Å². The van der Waals surface area contributed by atoms with Crippen LogP contribution >= 0.6 is 11.8 Å². The van der Waals surface area contributed by atoms with Crippen molar-refractivity contribution in [2.45, 2.75) is 11.7 Å². The lowest BCUT2D eigenvalue weighted by molar-refractivity contribution is -0.122. The van der Waals surface area contributed by atoms with Crippen LogP contribution < -0.4 is 10.6 Å². The quantitative estimate of drug-likeness (QED) is 0.896. The maximum atomic E-state index is 12.9. The van der Waals surface area contributed by atoms with Crippen molar-refractivity contribution in [2.75, 3.05) is 5.32 Å². The number of halogens is 1. The molecule has 2 N–H and O–H groups in total. The minimum atomic E-state index is -0.534. The maximum absolute atomic E-state index is 12.9. The van der Waals surface area contributed by atoms with Gasteiger partial charge >= 0.3 is 0 Å². The van der Waals surface area contributed by atoms with E-state index in [4.69, 9.17) is 0 Å². The molecule has 0 spiro atoms. The van der Waals surface area contributed by atoms with Crippen molar-refractivity contribution < 1.29 is 14.0 Å². The number of rotatable bonds is 4. The summed E-state index contributed by atoms with van der Waals surface area (Å²) >= 11 is 1.19. The molecule has 0 unspecified atom stereocenters. The average Bonchev–Trinajstić information content (AvgIpc) is 2.90. The van der Waals surface area contributed by atoms with Crippen molar-refractivity contribution in [3.05, 3.63) is 60.4 Å². The number of nitrogens with zero attached hydrogens (tertiary/aromatic N) is 1. The van der Waals surface area contributed by atoms with Crippen LogP contribution in [0.25, 0.3) is 0 Å². The monoisotopic (exact) mass is 343 g/mol. The second-order valence-corrected chi connectivity index (χ2v) is 6.30. The Labute approximate surface area is 142 Å². The molecule has 7 heteroatoms. The third-order valence-electron chi connectivity index (χ3n) is 3.26. The zero-order chi connectivity index (χ0) is 16.9. The summed E-state index contributed by atoms with van der Waals surface area (Å²) in [7, 11) is 0. The highest BCUT2D eigenvalue weighted by Gasteiger charge is 2.32. The van der Waals surface area contributed by atoms with Crippen molar-refractivity contribution in [3.8, 4) is 0 Å². The van der Waals surface area contributed by atoms with Crippen LogP contribution in [0, 0.1) is 5.82 Å². The van der Waals surface area contributed by atoms with Gasteiger partial charge in [0.1, 0.15) is 11.1 Å². The van der Waals surface area contributed by atoms with Gasteiger partial charge in [0.2, 0.25) is 11.8 Å². The van der Waals surface area contributed by atoms with Crippen molar-refractivity contribution in [2.24, 2.45) is 4.99 Å². The number of para-hydroxylation sites is 1. The molecular formula is C17H14FN3O2S. The van der Waals surface area contributed by atoms with E-state index < -0.39 is 5.25 Å². The van der Waals surface area contributed by atoms with E-state index >= 15 is 0 Å². The number of nitrogens with one attached hydrogen (secondary N) is 2. The van der Waals surface area contributed by atoms with Gasteiger partial charge in [-0.1, -0.05) is 30.0 Å². The van der Waals surface area contributed by atoms with Crippen LogP contribution in [0.2, 0.25) is 0 Å². The highest BCUT2D eigenvalue weighted by Crippen LogP contribution is 2.25. The number of aliphatic imine (C=N–C) groups is 1. The van der Waals surface area contributed by atoms with Gasteiger partial charge in [0.25, 0.3) is 0 Å². The van der Waals surface area contributed by atoms with Crippen LogP contribution in [-0.4, -0.2) is 22.2 Å². The predicted molar refractivity (Wildman–Crippen MR) is 92.7 cm³/mol. The molecule has 24 heavy (non-hydrogen) atoms. The third-order valence-corrected chi connectivity index (χ3v) is 4.34. The largest absolute Gasteiger partial charge is 0.326 e. The lowest BCUT2D eigenvalue weighted by Gasteiger charge is -2.07. The zero-order valence-electron chi connectivity index (χ0n) is 12.5. The van der Waals surface area contributed by atoms with Crippen molar-refractivity contribution >= 4 is 40.1 Å². The van der Waals surface area contributed by atoms with Crippen LogP contribution in [0.3, 0.4) is 0 Å². The van der Waals surface area contributed by atoms with E-state index in [1.54, 1.807) is 12.1 Å². The standard InChI is InChI=1S/C17H14FN3O2S/c18-11-6-8-13(9-7-11)20-17-21-16(23)14(24-17)10-15(22)19-12-4-2-1-3-5-12/h1-9,14H,10H2,(H,19,22)(H,20,21,23)/t14-/m0/s1. The lowest BCUT2D eigenvalue weighted by Crippen LogP contribution is -2.28. The highest BCUT2D eigenvalue weighted by molar-refractivity contribution is 8.15. The van der Waals surface area contributed by atoms with E-state index in [1.807, 2.05) is 18.2 Å². The molecule has 2 aromatic carbocycles. The summed E-state index contributed by atoms with van der Waals surface area (Å²) in [6.07, 6.45) is 0.0494. The van der Waals surface area contributed by atoms with Gasteiger partial charge in [-0.2, -0.15) is 0 Å². The number of carbonyl (C=O) groups excluding carboxylic acids is 2. The number of hydrogen-bond acceptors (Lipinski definition) is 4. The number of benzene rings is 2. The first-order valence-electron chi connectivity index (χ1n) is 7.27. The third kappa shape index (κ3) is 4.20. The molecule has 1 fully saturated rings. The molecule has 0 radical (unpaired) electrons. The molecule has 1 atom stereocenters. The first kappa shape index (κ1) is 16.2. The van der Waals surface area contributed by atoms with Gasteiger partial charge in [0, 0.05) is 12.1 Å². The summed E-state index contributed by atoms with van der Waals surface area (Å²) in [5.74, 6) is -0.849. The van der Waals surface area contributed by atoms with Crippen molar-refractivity contribution in [1.82, 2.24) is 5.32 Å². The molecule has 122 valence electrons. The predicted octanol–water partition coefficient (Wildman–Crippen LogP) is 3.07. The summed E-state index contributed by atoms with van der Waals surface area (Å²) in [4.78, 5) is 28.2.